The van der Waals surface area contributed by atoms with E-state index in [1.54, 1.807) is 6.07 Å². The number of carbonyl (C=O) groups is 2. The summed E-state index contributed by atoms with van der Waals surface area (Å²) in [5, 5.41) is 2.52. The molecule has 8 nitrogen and oxygen atoms in total. The van der Waals surface area contributed by atoms with Gasteiger partial charge in [0, 0.05) is 26.7 Å². The zero-order valence-electron chi connectivity index (χ0n) is 15.8. The van der Waals surface area contributed by atoms with E-state index in [0.29, 0.717) is 5.56 Å². The number of hydrogen-bond donors (Lipinski definition) is 1. The number of benzene rings is 1. The molecule has 0 aliphatic heterocycles. The number of methoxy groups -OCH3 is 1. The standard InChI is InChI=1S/C18H24N2O6S/c1-6-11-19-18(22)13(2)26-17(21)10-8-14-7-9-15(25-5)16(12-14)27(23,24)20(3)4/h6-10,12-13H,1,11H2,2-5H3,(H,19,22)/b10-8+/t13-/m0/s1. The highest BCUT2D eigenvalue weighted by molar-refractivity contribution is 7.89. The van der Waals surface area contributed by atoms with Crippen molar-refractivity contribution in [2.75, 3.05) is 27.7 Å². The van der Waals surface area contributed by atoms with Crippen molar-refractivity contribution in [1.82, 2.24) is 9.62 Å². The van der Waals surface area contributed by atoms with Gasteiger partial charge in [0.1, 0.15) is 10.6 Å². The number of carbonyl (C=O) groups excluding carboxylic acids is 2. The zero-order chi connectivity index (χ0) is 20.6. The van der Waals surface area contributed by atoms with Crippen molar-refractivity contribution in [3.63, 3.8) is 0 Å². The third-order valence-corrected chi connectivity index (χ3v) is 5.28. The van der Waals surface area contributed by atoms with Crippen LogP contribution in [-0.2, 0) is 24.3 Å². The molecule has 0 unspecified atom stereocenters. The fourth-order valence-corrected chi connectivity index (χ4v) is 3.03. The van der Waals surface area contributed by atoms with E-state index in [-0.39, 0.29) is 17.2 Å². The molecule has 1 aromatic rings. The van der Waals surface area contributed by atoms with Gasteiger partial charge in [-0.2, -0.15) is 0 Å². The average Bonchev–Trinajstić information content (AvgIpc) is 2.63. The van der Waals surface area contributed by atoms with Crippen molar-refractivity contribution in [3.05, 3.63) is 42.5 Å². The van der Waals surface area contributed by atoms with Crippen LogP contribution in [0, 0.1) is 0 Å². The molecule has 1 N–H and O–H groups in total. The predicted molar refractivity (Wildman–Crippen MR) is 102 cm³/mol. The minimum Gasteiger partial charge on any atom is -0.495 e. The summed E-state index contributed by atoms with van der Waals surface area (Å²) in [5.41, 5.74) is 0.455. The molecular formula is C18H24N2O6S. The summed E-state index contributed by atoms with van der Waals surface area (Å²) in [6.07, 6.45) is 3.05. The Bertz CT molecular complexity index is 830. The van der Waals surface area contributed by atoms with Gasteiger partial charge in [-0.25, -0.2) is 17.5 Å². The van der Waals surface area contributed by atoms with Crippen LogP contribution in [-0.4, -0.2) is 58.5 Å². The van der Waals surface area contributed by atoms with Crippen LogP contribution >= 0.6 is 0 Å². The van der Waals surface area contributed by atoms with Gasteiger partial charge in [0.05, 0.1) is 7.11 Å². The second-order valence-electron chi connectivity index (χ2n) is 5.64. The lowest BCUT2D eigenvalue weighted by Crippen LogP contribution is -2.35. The molecule has 0 aromatic heterocycles. The van der Waals surface area contributed by atoms with Gasteiger partial charge in [-0.3, -0.25) is 4.79 Å². The minimum atomic E-state index is -3.72. The highest BCUT2D eigenvalue weighted by Crippen LogP contribution is 2.27. The molecule has 0 bridgehead atoms. The molecule has 1 atom stereocenters. The maximum Gasteiger partial charge on any atom is 0.331 e. The third kappa shape index (κ3) is 6.22. The van der Waals surface area contributed by atoms with E-state index < -0.39 is 28.0 Å². The summed E-state index contributed by atoms with van der Waals surface area (Å²) in [6, 6.07) is 4.47. The van der Waals surface area contributed by atoms with Crippen LogP contribution in [0.1, 0.15) is 12.5 Å². The number of amides is 1. The molecule has 1 aromatic carbocycles. The summed E-state index contributed by atoms with van der Waals surface area (Å²) in [7, 11) is 0.469. The van der Waals surface area contributed by atoms with E-state index in [0.717, 1.165) is 10.4 Å². The lowest BCUT2D eigenvalue weighted by molar-refractivity contribution is -0.150. The maximum atomic E-state index is 12.4. The van der Waals surface area contributed by atoms with Crippen LogP contribution in [0.3, 0.4) is 0 Å². The Kier molecular flexibility index (Phi) is 8.20. The number of esters is 1. The lowest BCUT2D eigenvalue weighted by atomic mass is 10.2. The van der Waals surface area contributed by atoms with Crippen LogP contribution < -0.4 is 10.1 Å². The zero-order valence-corrected chi connectivity index (χ0v) is 16.6. The summed E-state index contributed by atoms with van der Waals surface area (Å²) in [5.74, 6) is -0.986. The molecule has 9 heteroatoms. The lowest BCUT2D eigenvalue weighted by Gasteiger charge is -2.15. The van der Waals surface area contributed by atoms with E-state index in [9.17, 15) is 18.0 Å². The van der Waals surface area contributed by atoms with Gasteiger partial charge in [-0.05, 0) is 30.7 Å². The minimum absolute atomic E-state index is 0.0253. The number of rotatable bonds is 9. The van der Waals surface area contributed by atoms with E-state index in [2.05, 4.69) is 11.9 Å². The molecule has 1 rings (SSSR count). The fourth-order valence-electron chi connectivity index (χ4n) is 1.94. The molecule has 0 aliphatic rings. The smallest absolute Gasteiger partial charge is 0.331 e. The van der Waals surface area contributed by atoms with Crippen molar-refractivity contribution in [2.24, 2.45) is 0 Å². The van der Waals surface area contributed by atoms with Gasteiger partial charge in [-0.15, -0.1) is 6.58 Å². The highest BCUT2D eigenvalue weighted by Gasteiger charge is 2.22. The fraction of sp³-hybridized carbons (Fsp3) is 0.333. The van der Waals surface area contributed by atoms with E-state index in [1.165, 1.54) is 52.4 Å². The Morgan fingerprint density at radius 3 is 2.56 bits per heavy atom. The van der Waals surface area contributed by atoms with Crippen molar-refractivity contribution in [2.45, 2.75) is 17.9 Å². The van der Waals surface area contributed by atoms with Crippen LogP contribution in [0.15, 0.2) is 41.8 Å². The second-order valence-corrected chi connectivity index (χ2v) is 7.76. The Balaban J connectivity index is 2.94. The summed E-state index contributed by atoms with van der Waals surface area (Å²) in [4.78, 5) is 23.5. The average molecular weight is 396 g/mol. The summed E-state index contributed by atoms with van der Waals surface area (Å²) < 4.78 is 35.9. The van der Waals surface area contributed by atoms with Gasteiger partial charge >= 0.3 is 5.97 Å². The first-order valence-electron chi connectivity index (χ1n) is 8.01. The van der Waals surface area contributed by atoms with Crippen LogP contribution in [0.2, 0.25) is 0 Å². The number of nitrogens with one attached hydrogen (secondary N) is 1. The number of sulfonamides is 1. The highest BCUT2D eigenvalue weighted by atomic mass is 32.2. The Morgan fingerprint density at radius 1 is 1.33 bits per heavy atom. The van der Waals surface area contributed by atoms with E-state index >= 15 is 0 Å². The van der Waals surface area contributed by atoms with Gasteiger partial charge in [-0.1, -0.05) is 12.1 Å². The Labute approximate surface area is 159 Å². The molecule has 0 aliphatic carbocycles. The summed E-state index contributed by atoms with van der Waals surface area (Å²) in [6.45, 7) is 5.19. The maximum absolute atomic E-state index is 12.4. The molecule has 0 saturated heterocycles. The topological polar surface area (TPSA) is 102 Å². The Morgan fingerprint density at radius 2 is 2.00 bits per heavy atom. The SMILES string of the molecule is C=CCNC(=O)[C@H](C)OC(=O)/C=C/c1ccc(OC)c(S(=O)(=O)N(C)C)c1. The van der Waals surface area contributed by atoms with Crippen LogP contribution in [0.4, 0.5) is 0 Å². The molecule has 0 fully saturated rings. The van der Waals surface area contributed by atoms with Crippen LogP contribution in [0.25, 0.3) is 6.08 Å². The van der Waals surface area contributed by atoms with Gasteiger partial charge < -0.3 is 14.8 Å². The van der Waals surface area contributed by atoms with E-state index in [1.807, 2.05) is 0 Å². The third-order valence-electron chi connectivity index (χ3n) is 3.44. The first kappa shape index (κ1) is 22.4. The molecule has 0 spiro atoms. The largest absolute Gasteiger partial charge is 0.495 e. The predicted octanol–water partition coefficient (Wildman–Crippen LogP) is 1.19. The normalized spacial score (nSPS) is 12.6. The molecule has 1 amide bonds. The second kappa shape index (κ2) is 9.89. The molecule has 148 valence electrons. The van der Waals surface area contributed by atoms with Gasteiger partial charge in [0.15, 0.2) is 6.10 Å². The first-order chi connectivity index (χ1) is 12.6. The molecule has 0 radical (unpaired) electrons. The number of ether oxygens (including phenoxy) is 2. The molecule has 0 saturated carbocycles. The molecular weight excluding hydrogens is 372 g/mol. The molecule has 0 heterocycles. The van der Waals surface area contributed by atoms with Crippen LogP contribution in [0.5, 0.6) is 5.75 Å². The number of hydrogen-bond acceptors (Lipinski definition) is 6. The molecule has 27 heavy (non-hydrogen) atoms. The van der Waals surface area contributed by atoms with E-state index in [4.69, 9.17) is 9.47 Å². The van der Waals surface area contributed by atoms with Crippen molar-refractivity contribution >= 4 is 28.0 Å². The Hall–Kier alpha value is -2.65. The quantitative estimate of drug-likeness (QED) is 0.382. The van der Waals surface area contributed by atoms with Crippen molar-refractivity contribution < 1.29 is 27.5 Å². The van der Waals surface area contributed by atoms with Gasteiger partial charge in [0.2, 0.25) is 10.0 Å². The van der Waals surface area contributed by atoms with Gasteiger partial charge in [0.25, 0.3) is 5.91 Å². The summed E-state index contributed by atoms with van der Waals surface area (Å²) >= 11 is 0. The monoisotopic (exact) mass is 396 g/mol. The van der Waals surface area contributed by atoms with Crippen molar-refractivity contribution in [1.29, 1.82) is 0 Å². The first-order valence-corrected chi connectivity index (χ1v) is 9.45. The van der Waals surface area contributed by atoms with Crippen molar-refractivity contribution in [3.8, 4) is 5.75 Å². The number of nitrogens with zero attached hydrogens (tertiary/aromatic N) is 1.